The summed E-state index contributed by atoms with van der Waals surface area (Å²) in [6.07, 6.45) is -5.38. The van der Waals surface area contributed by atoms with E-state index in [0.717, 1.165) is 16.9 Å². The predicted molar refractivity (Wildman–Crippen MR) is 92.0 cm³/mol. The highest BCUT2D eigenvalue weighted by atomic mass is 32.2. The molecule has 0 fully saturated rings. The van der Waals surface area contributed by atoms with Gasteiger partial charge in [0.1, 0.15) is 28.0 Å². The smallest absolute Gasteiger partial charge is 0.266 e. The number of nitrogens with zero attached hydrogens (tertiary/aromatic N) is 4. The minimum absolute atomic E-state index is 0.110. The van der Waals surface area contributed by atoms with Gasteiger partial charge in [-0.15, -0.1) is 5.10 Å². The number of sulfonamides is 1. The van der Waals surface area contributed by atoms with Crippen LogP contribution in [0.1, 0.15) is 21.7 Å². The zero-order valence-corrected chi connectivity index (χ0v) is 16.0. The van der Waals surface area contributed by atoms with Gasteiger partial charge in [0.25, 0.3) is 15.9 Å². The van der Waals surface area contributed by atoms with Gasteiger partial charge in [-0.2, -0.15) is 18.4 Å². The Bertz CT molecular complexity index is 1380. The van der Waals surface area contributed by atoms with Crippen LogP contribution in [0.3, 0.4) is 0 Å². The molecule has 32 heavy (non-hydrogen) atoms. The number of nitrogens with one attached hydrogen (secondary N) is 1. The van der Waals surface area contributed by atoms with Crippen molar-refractivity contribution < 1.29 is 39.6 Å². The summed E-state index contributed by atoms with van der Waals surface area (Å²) in [4.78, 5) is 10.9. The summed E-state index contributed by atoms with van der Waals surface area (Å²) >= 11 is 0. The quantitative estimate of drug-likeness (QED) is 0.580. The van der Waals surface area contributed by atoms with E-state index >= 15 is 0 Å². The standard InChI is InChI=1S/C17H7F6N5O3S/c18-9-2-3-10(19)13(6-9)32(30,31)26-16(29)14-15(17(21,22)23)28(27-25-14)12-4-1-8(7-24)5-11(12)20/h1-6H,(H,26,29). The second-order valence-electron chi connectivity index (χ2n) is 5.98. The van der Waals surface area contributed by atoms with Crippen molar-refractivity contribution in [3.8, 4) is 11.8 Å². The molecule has 0 saturated carbocycles. The van der Waals surface area contributed by atoms with Crippen LogP contribution in [0.4, 0.5) is 26.3 Å². The molecule has 3 rings (SSSR count). The molecule has 1 heterocycles. The van der Waals surface area contributed by atoms with Crippen molar-refractivity contribution in [1.82, 2.24) is 19.7 Å². The largest absolute Gasteiger partial charge is 0.435 e. The predicted octanol–water partition coefficient (Wildman–Crippen LogP) is 2.69. The van der Waals surface area contributed by atoms with Crippen LogP contribution in [0.5, 0.6) is 0 Å². The second kappa shape index (κ2) is 7.96. The topological polar surface area (TPSA) is 118 Å². The van der Waals surface area contributed by atoms with Gasteiger partial charge in [0.05, 0.1) is 11.6 Å². The van der Waals surface area contributed by atoms with Crippen molar-refractivity contribution in [2.24, 2.45) is 0 Å². The molecule has 0 bridgehead atoms. The molecule has 15 heteroatoms. The van der Waals surface area contributed by atoms with Crippen LogP contribution < -0.4 is 4.72 Å². The first-order chi connectivity index (χ1) is 14.8. The molecule has 0 atom stereocenters. The van der Waals surface area contributed by atoms with E-state index in [1.807, 2.05) is 0 Å². The number of amides is 1. The van der Waals surface area contributed by atoms with Crippen LogP contribution in [0.2, 0.25) is 0 Å². The summed E-state index contributed by atoms with van der Waals surface area (Å²) in [6, 6.07) is 5.12. The maximum Gasteiger partial charge on any atom is 0.435 e. The molecule has 1 amide bonds. The fourth-order valence-corrected chi connectivity index (χ4v) is 3.56. The molecule has 0 spiro atoms. The van der Waals surface area contributed by atoms with Crippen LogP contribution in [-0.2, 0) is 16.2 Å². The molecule has 0 saturated heterocycles. The Balaban J connectivity index is 2.08. The molecule has 0 radical (unpaired) electrons. The van der Waals surface area contributed by atoms with E-state index in [2.05, 4.69) is 10.3 Å². The Morgan fingerprint density at radius 3 is 2.34 bits per heavy atom. The molecule has 1 aromatic heterocycles. The first-order valence-electron chi connectivity index (χ1n) is 8.10. The third-order valence-electron chi connectivity index (χ3n) is 3.87. The normalized spacial score (nSPS) is 11.8. The minimum Gasteiger partial charge on any atom is -0.266 e. The van der Waals surface area contributed by atoms with Crippen molar-refractivity contribution in [1.29, 1.82) is 5.26 Å². The number of nitriles is 1. The zero-order valence-electron chi connectivity index (χ0n) is 15.2. The van der Waals surface area contributed by atoms with Crippen molar-refractivity contribution in [2.45, 2.75) is 11.1 Å². The minimum atomic E-state index is -5.38. The van der Waals surface area contributed by atoms with Crippen LogP contribution in [0.15, 0.2) is 41.3 Å². The van der Waals surface area contributed by atoms with E-state index in [0.29, 0.717) is 18.2 Å². The molecule has 166 valence electrons. The zero-order chi connectivity index (χ0) is 23.8. The van der Waals surface area contributed by atoms with Gasteiger partial charge in [-0.1, -0.05) is 5.21 Å². The summed E-state index contributed by atoms with van der Waals surface area (Å²) in [5.74, 6) is -5.98. The van der Waals surface area contributed by atoms with Crippen LogP contribution >= 0.6 is 0 Å². The summed E-state index contributed by atoms with van der Waals surface area (Å²) in [6.45, 7) is 0. The van der Waals surface area contributed by atoms with Gasteiger partial charge in [-0.3, -0.25) is 4.79 Å². The number of carbonyl (C=O) groups is 1. The van der Waals surface area contributed by atoms with Crippen molar-refractivity contribution in [3.05, 3.63) is 70.8 Å². The lowest BCUT2D eigenvalue weighted by molar-refractivity contribution is -0.143. The molecular weight excluding hydrogens is 468 g/mol. The van der Waals surface area contributed by atoms with Gasteiger partial charge in [0, 0.05) is 0 Å². The molecule has 3 aromatic rings. The maximum absolute atomic E-state index is 14.2. The average Bonchev–Trinajstić information content (AvgIpc) is 3.15. The summed E-state index contributed by atoms with van der Waals surface area (Å²) < 4.78 is 107. The Kier molecular flexibility index (Phi) is 5.66. The Morgan fingerprint density at radius 2 is 1.75 bits per heavy atom. The molecule has 0 unspecified atom stereocenters. The van der Waals surface area contributed by atoms with E-state index < -0.39 is 61.5 Å². The monoisotopic (exact) mass is 475 g/mol. The number of rotatable bonds is 4. The molecule has 1 N–H and O–H groups in total. The summed E-state index contributed by atoms with van der Waals surface area (Å²) in [5, 5.41) is 14.8. The third kappa shape index (κ3) is 4.25. The van der Waals surface area contributed by atoms with E-state index in [9.17, 15) is 39.6 Å². The Labute approximate surface area is 174 Å². The Hall–Kier alpha value is -3.93. The number of benzene rings is 2. The van der Waals surface area contributed by atoms with Gasteiger partial charge in [-0.25, -0.2) is 31.0 Å². The van der Waals surface area contributed by atoms with Crippen LogP contribution in [-0.4, -0.2) is 29.3 Å². The second-order valence-corrected chi connectivity index (χ2v) is 7.63. The lowest BCUT2D eigenvalue weighted by Crippen LogP contribution is -2.33. The van der Waals surface area contributed by atoms with Crippen LogP contribution in [0, 0.1) is 28.8 Å². The van der Waals surface area contributed by atoms with Crippen molar-refractivity contribution >= 4 is 15.9 Å². The SMILES string of the molecule is N#Cc1ccc(-n2nnc(C(=O)NS(=O)(=O)c3cc(F)ccc3F)c2C(F)(F)F)c(F)c1. The Morgan fingerprint density at radius 1 is 1.06 bits per heavy atom. The molecular formula is C17H7F6N5O3S. The van der Waals surface area contributed by atoms with Gasteiger partial charge < -0.3 is 0 Å². The molecule has 0 aliphatic carbocycles. The van der Waals surface area contributed by atoms with Gasteiger partial charge in [-0.05, 0) is 36.4 Å². The number of hydrogen-bond acceptors (Lipinski definition) is 6. The third-order valence-corrected chi connectivity index (χ3v) is 5.21. The van der Waals surface area contributed by atoms with E-state index in [1.165, 1.54) is 0 Å². The lowest BCUT2D eigenvalue weighted by Gasteiger charge is -2.12. The highest BCUT2D eigenvalue weighted by molar-refractivity contribution is 7.90. The lowest BCUT2D eigenvalue weighted by atomic mass is 10.2. The average molecular weight is 475 g/mol. The molecule has 2 aromatic carbocycles. The highest BCUT2D eigenvalue weighted by Gasteiger charge is 2.43. The van der Waals surface area contributed by atoms with E-state index in [-0.39, 0.29) is 16.3 Å². The number of halogens is 6. The van der Waals surface area contributed by atoms with Gasteiger partial charge in [0.15, 0.2) is 11.4 Å². The van der Waals surface area contributed by atoms with Gasteiger partial charge >= 0.3 is 6.18 Å². The molecule has 8 nitrogen and oxygen atoms in total. The van der Waals surface area contributed by atoms with Crippen molar-refractivity contribution in [3.63, 3.8) is 0 Å². The van der Waals surface area contributed by atoms with E-state index in [4.69, 9.17) is 5.26 Å². The van der Waals surface area contributed by atoms with Gasteiger partial charge in [0.2, 0.25) is 0 Å². The number of alkyl halides is 3. The number of hydrogen-bond donors (Lipinski definition) is 1. The van der Waals surface area contributed by atoms with Crippen molar-refractivity contribution in [2.75, 3.05) is 0 Å². The van der Waals surface area contributed by atoms with Crippen LogP contribution in [0.25, 0.3) is 5.69 Å². The number of carbonyl (C=O) groups excluding carboxylic acids is 1. The molecule has 0 aliphatic rings. The fourth-order valence-electron chi connectivity index (χ4n) is 2.51. The number of aromatic nitrogens is 3. The molecule has 0 aliphatic heterocycles. The highest BCUT2D eigenvalue weighted by Crippen LogP contribution is 2.33. The van der Waals surface area contributed by atoms with E-state index in [1.54, 1.807) is 6.07 Å². The maximum atomic E-state index is 14.2. The first kappa shape index (κ1) is 22.7. The fraction of sp³-hybridized carbons (Fsp3) is 0.0588. The first-order valence-corrected chi connectivity index (χ1v) is 9.58. The summed E-state index contributed by atoms with van der Waals surface area (Å²) in [7, 11) is -5.16. The summed E-state index contributed by atoms with van der Waals surface area (Å²) in [5.41, 5.74) is -4.60.